The maximum absolute atomic E-state index is 3.72. The van der Waals surface area contributed by atoms with Crippen molar-refractivity contribution >= 4 is 0 Å². The van der Waals surface area contributed by atoms with Crippen LogP contribution in [-0.2, 0) is 0 Å². The van der Waals surface area contributed by atoms with E-state index in [1.807, 2.05) is 6.08 Å². The van der Waals surface area contributed by atoms with Gasteiger partial charge >= 0.3 is 0 Å². The summed E-state index contributed by atoms with van der Waals surface area (Å²) in [6, 6.07) is 0. The Morgan fingerprint density at radius 1 is 1.15 bits per heavy atom. The number of hydrogen-bond donors (Lipinski definition) is 1. The molecule has 0 aromatic carbocycles. The third kappa shape index (κ3) is 5.09. The zero-order chi connectivity index (χ0) is 9.36. The molecule has 0 saturated heterocycles. The molecule has 1 nitrogen and oxygen atoms in total. The fourth-order valence-electron chi connectivity index (χ4n) is 2.08. The van der Waals surface area contributed by atoms with Crippen LogP contribution < -0.4 is 5.32 Å². The van der Waals surface area contributed by atoms with Crippen LogP contribution in [0.25, 0.3) is 0 Å². The summed E-state index contributed by atoms with van der Waals surface area (Å²) < 4.78 is 0. The Balaban J connectivity index is 2.01. The van der Waals surface area contributed by atoms with Crippen molar-refractivity contribution in [2.75, 3.05) is 13.1 Å². The lowest BCUT2D eigenvalue weighted by Gasteiger charge is -2.14. The second kappa shape index (κ2) is 7.14. The first-order chi connectivity index (χ1) is 6.43. The molecule has 0 radical (unpaired) electrons. The van der Waals surface area contributed by atoms with Gasteiger partial charge in [-0.2, -0.15) is 0 Å². The number of nitrogens with one attached hydrogen (secondary N) is 1. The molecule has 0 unspecified atom stereocenters. The minimum absolute atomic E-state index is 0.951. The fraction of sp³-hybridized carbons (Fsp3) is 0.833. The summed E-state index contributed by atoms with van der Waals surface area (Å²) in [5, 5.41) is 3.51. The van der Waals surface area contributed by atoms with Crippen molar-refractivity contribution in [1.29, 1.82) is 0 Å². The van der Waals surface area contributed by atoms with Crippen molar-refractivity contribution in [2.24, 2.45) is 5.92 Å². The molecule has 0 aromatic heterocycles. The number of rotatable bonds is 5. The normalized spacial score (nSPS) is 19.7. The predicted molar refractivity (Wildman–Crippen MR) is 58.9 cm³/mol. The van der Waals surface area contributed by atoms with E-state index >= 15 is 0 Å². The van der Waals surface area contributed by atoms with Gasteiger partial charge in [-0.05, 0) is 38.3 Å². The van der Waals surface area contributed by atoms with Gasteiger partial charge in [-0.25, -0.2) is 0 Å². The first kappa shape index (κ1) is 10.8. The third-order valence-electron chi connectivity index (χ3n) is 2.93. The molecular weight excluding hydrogens is 158 g/mol. The molecule has 1 rings (SSSR count). The highest BCUT2D eigenvalue weighted by Gasteiger charge is 2.10. The van der Waals surface area contributed by atoms with E-state index in [4.69, 9.17) is 0 Å². The average Bonchev–Trinajstić information content (AvgIpc) is 2.41. The minimum atomic E-state index is 0.951. The molecule has 0 aliphatic heterocycles. The predicted octanol–water partition coefficient (Wildman–Crippen LogP) is 3.12. The quantitative estimate of drug-likeness (QED) is 0.390. The molecule has 1 aliphatic carbocycles. The molecule has 0 bridgehead atoms. The average molecular weight is 181 g/mol. The zero-order valence-corrected chi connectivity index (χ0v) is 8.73. The summed E-state index contributed by atoms with van der Waals surface area (Å²) in [5.41, 5.74) is 0. The lowest BCUT2D eigenvalue weighted by Crippen LogP contribution is -2.23. The summed E-state index contributed by atoms with van der Waals surface area (Å²) in [4.78, 5) is 0. The molecule has 0 amide bonds. The molecule has 1 N–H and O–H groups in total. The maximum Gasteiger partial charge on any atom is -0.00143 e. The zero-order valence-electron chi connectivity index (χ0n) is 8.73. The van der Waals surface area contributed by atoms with Gasteiger partial charge in [0, 0.05) is 0 Å². The van der Waals surface area contributed by atoms with Gasteiger partial charge in [-0.1, -0.05) is 31.8 Å². The summed E-state index contributed by atoms with van der Waals surface area (Å²) in [6.45, 7) is 6.06. The Bertz CT molecular complexity index is 123. The van der Waals surface area contributed by atoms with Crippen LogP contribution in [0.4, 0.5) is 0 Å². The molecule has 0 spiro atoms. The fourth-order valence-corrected chi connectivity index (χ4v) is 2.08. The van der Waals surface area contributed by atoms with Crippen molar-refractivity contribution < 1.29 is 0 Å². The van der Waals surface area contributed by atoms with E-state index in [0.717, 1.165) is 18.9 Å². The Morgan fingerprint density at radius 2 is 1.85 bits per heavy atom. The highest BCUT2D eigenvalue weighted by atomic mass is 14.8. The molecule has 1 fully saturated rings. The van der Waals surface area contributed by atoms with E-state index in [9.17, 15) is 0 Å². The summed E-state index contributed by atoms with van der Waals surface area (Å²) in [5.74, 6) is 0.951. The Hall–Kier alpha value is -0.300. The molecule has 76 valence electrons. The van der Waals surface area contributed by atoms with E-state index in [2.05, 4.69) is 11.9 Å². The van der Waals surface area contributed by atoms with Gasteiger partial charge in [0.1, 0.15) is 0 Å². The largest absolute Gasteiger partial charge is 0.316 e. The van der Waals surface area contributed by atoms with Gasteiger partial charge in [-0.15, -0.1) is 6.58 Å². The third-order valence-corrected chi connectivity index (χ3v) is 2.93. The standard InChI is InChI=1S/C12H23N/c1-2-3-10-13-11-12-8-6-4-5-7-9-12/h2,12-13H,1,3-11H2. The van der Waals surface area contributed by atoms with E-state index in [1.165, 1.54) is 45.1 Å². The van der Waals surface area contributed by atoms with E-state index in [0.29, 0.717) is 0 Å². The lowest BCUT2D eigenvalue weighted by molar-refractivity contribution is 0.428. The van der Waals surface area contributed by atoms with Crippen LogP contribution in [0.2, 0.25) is 0 Å². The monoisotopic (exact) mass is 181 g/mol. The van der Waals surface area contributed by atoms with Crippen LogP contribution in [0, 0.1) is 5.92 Å². The summed E-state index contributed by atoms with van der Waals surface area (Å²) in [6.07, 6.45) is 11.8. The van der Waals surface area contributed by atoms with Crippen LogP contribution in [0.3, 0.4) is 0 Å². The first-order valence-electron chi connectivity index (χ1n) is 5.75. The Morgan fingerprint density at radius 3 is 2.46 bits per heavy atom. The lowest BCUT2D eigenvalue weighted by atomic mass is 10.0. The topological polar surface area (TPSA) is 12.0 Å². The smallest absolute Gasteiger partial charge is 0.00143 e. The number of hydrogen-bond acceptors (Lipinski definition) is 1. The van der Waals surface area contributed by atoms with Crippen LogP contribution in [-0.4, -0.2) is 13.1 Å². The van der Waals surface area contributed by atoms with Gasteiger partial charge in [0.25, 0.3) is 0 Å². The first-order valence-corrected chi connectivity index (χ1v) is 5.75. The highest BCUT2D eigenvalue weighted by molar-refractivity contribution is 4.70. The molecule has 1 saturated carbocycles. The van der Waals surface area contributed by atoms with Crippen LogP contribution in [0.15, 0.2) is 12.7 Å². The van der Waals surface area contributed by atoms with Gasteiger partial charge in [0.05, 0.1) is 0 Å². The molecule has 0 atom stereocenters. The second-order valence-corrected chi connectivity index (χ2v) is 4.14. The molecule has 0 heterocycles. The SMILES string of the molecule is C=CCCNCC1CCCCCC1. The van der Waals surface area contributed by atoms with Crippen LogP contribution in [0.1, 0.15) is 44.9 Å². The second-order valence-electron chi connectivity index (χ2n) is 4.14. The van der Waals surface area contributed by atoms with E-state index in [-0.39, 0.29) is 0 Å². The van der Waals surface area contributed by atoms with Gasteiger partial charge in [0.15, 0.2) is 0 Å². The molecule has 1 heteroatoms. The van der Waals surface area contributed by atoms with E-state index < -0.39 is 0 Å². The van der Waals surface area contributed by atoms with Crippen molar-refractivity contribution in [1.82, 2.24) is 5.32 Å². The summed E-state index contributed by atoms with van der Waals surface area (Å²) in [7, 11) is 0. The maximum atomic E-state index is 3.72. The van der Waals surface area contributed by atoms with Gasteiger partial charge in [0.2, 0.25) is 0 Å². The highest BCUT2D eigenvalue weighted by Crippen LogP contribution is 2.21. The van der Waals surface area contributed by atoms with Gasteiger partial charge < -0.3 is 5.32 Å². The van der Waals surface area contributed by atoms with Crippen molar-refractivity contribution in [3.63, 3.8) is 0 Å². The van der Waals surface area contributed by atoms with Crippen molar-refractivity contribution in [3.05, 3.63) is 12.7 Å². The van der Waals surface area contributed by atoms with Crippen LogP contribution >= 0.6 is 0 Å². The van der Waals surface area contributed by atoms with Crippen LogP contribution in [0.5, 0.6) is 0 Å². The Kier molecular flexibility index (Phi) is 5.92. The molecule has 1 aliphatic rings. The van der Waals surface area contributed by atoms with Gasteiger partial charge in [-0.3, -0.25) is 0 Å². The molecule has 13 heavy (non-hydrogen) atoms. The molecular formula is C12H23N. The molecule has 0 aromatic rings. The minimum Gasteiger partial charge on any atom is -0.316 e. The summed E-state index contributed by atoms with van der Waals surface area (Å²) >= 11 is 0. The van der Waals surface area contributed by atoms with E-state index in [1.54, 1.807) is 0 Å². The van der Waals surface area contributed by atoms with Crippen molar-refractivity contribution in [3.8, 4) is 0 Å². The van der Waals surface area contributed by atoms with Crippen molar-refractivity contribution in [2.45, 2.75) is 44.9 Å². The Labute approximate surface area is 82.6 Å².